The van der Waals surface area contributed by atoms with Crippen molar-refractivity contribution in [2.24, 2.45) is 5.92 Å². The zero-order valence-electron chi connectivity index (χ0n) is 11.8. The Balaban J connectivity index is 3.14. The highest BCUT2D eigenvalue weighted by Crippen LogP contribution is 2.27. The number of nitriles is 1. The molecule has 1 aromatic rings. The average molecular weight is 293 g/mol. The summed E-state index contributed by atoms with van der Waals surface area (Å²) in [5, 5.41) is 9.29. The number of carbonyl (C=O) groups is 2. The van der Waals surface area contributed by atoms with Gasteiger partial charge in [0.15, 0.2) is 5.92 Å². The number of esters is 2. The van der Waals surface area contributed by atoms with E-state index in [1.807, 2.05) is 6.07 Å². The van der Waals surface area contributed by atoms with E-state index in [0.717, 1.165) is 12.1 Å². The molecule has 0 radical (unpaired) electrons. The number of hydrogen-bond donors (Lipinski definition) is 0. The lowest BCUT2D eigenvalue weighted by atomic mass is 9.87. The van der Waals surface area contributed by atoms with Gasteiger partial charge in [0.2, 0.25) is 0 Å². The topological polar surface area (TPSA) is 76.4 Å². The van der Waals surface area contributed by atoms with Crippen molar-refractivity contribution in [1.29, 1.82) is 5.26 Å². The summed E-state index contributed by atoms with van der Waals surface area (Å²) in [6, 6.07) is 6.92. The van der Waals surface area contributed by atoms with Crippen molar-refractivity contribution in [2.45, 2.75) is 19.8 Å². The fourth-order valence-corrected chi connectivity index (χ4v) is 1.84. The summed E-state index contributed by atoms with van der Waals surface area (Å²) in [7, 11) is 0. The Morgan fingerprint density at radius 2 is 1.62 bits per heavy atom. The monoisotopic (exact) mass is 293 g/mol. The van der Waals surface area contributed by atoms with Gasteiger partial charge in [0.25, 0.3) is 0 Å². The van der Waals surface area contributed by atoms with E-state index in [1.54, 1.807) is 13.8 Å². The molecule has 112 valence electrons. The van der Waals surface area contributed by atoms with Crippen molar-refractivity contribution in [3.05, 3.63) is 35.6 Å². The first kappa shape index (κ1) is 16.6. The van der Waals surface area contributed by atoms with Gasteiger partial charge in [-0.15, -0.1) is 0 Å². The fraction of sp³-hybridized carbons (Fsp3) is 0.400. The van der Waals surface area contributed by atoms with Crippen molar-refractivity contribution in [1.82, 2.24) is 0 Å². The lowest BCUT2D eigenvalue weighted by Gasteiger charge is -2.19. The number of hydrogen-bond acceptors (Lipinski definition) is 5. The molecule has 0 unspecified atom stereocenters. The highest BCUT2D eigenvalue weighted by atomic mass is 19.1. The van der Waals surface area contributed by atoms with E-state index in [1.165, 1.54) is 12.1 Å². The van der Waals surface area contributed by atoms with Gasteiger partial charge in [0.05, 0.1) is 25.2 Å². The molecule has 0 aromatic heterocycles. The number of carbonyl (C=O) groups excluding carboxylic acids is 2. The molecule has 21 heavy (non-hydrogen) atoms. The highest BCUT2D eigenvalue weighted by Gasteiger charge is 2.38. The molecule has 0 N–H and O–H groups in total. The molecule has 1 atom stereocenters. The zero-order valence-corrected chi connectivity index (χ0v) is 11.8. The van der Waals surface area contributed by atoms with Crippen LogP contribution in [0.15, 0.2) is 24.3 Å². The summed E-state index contributed by atoms with van der Waals surface area (Å²) >= 11 is 0. The van der Waals surface area contributed by atoms with Crippen LogP contribution < -0.4 is 0 Å². The number of rotatable bonds is 6. The van der Waals surface area contributed by atoms with E-state index >= 15 is 0 Å². The van der Waals surface area contributed by atoms with Gasteiger partial charge >= 0.3 is 11.9 Å². The van der Waals surface area contributed by atoms with Gasteiger partial charge in [-0.3, -0.25) is 9.59 Å². The first-order chi connectivity index (χ1) is 10.0. The Hall–Kier alpha value is -2.42. The molecule has 0 saturated carbocycles. The second-order valence-corrected chi connectivity index (χ2v) is 4.14. The normalized spacial score (nSPS) is 11.6. The molecule has 1 aromatic carbocycles. The van der Waals surface area contributed by atoms with Crippen molar-refractivity contribution in [2.75, 3.05) is 13.2 Å². The minimum atomic E-state index is -1.39. The Morgan fingerprint density at radius 3 is 2.00 bits per heavy atom. The molecule has 0 aliphatic carbocycles. The van der Waals surface area contributed by atoms with E-state index in [9.17, 15) is 19.2 Å². The van der Waals surface area contributed by atoms with Crippen LogP contribution in [0.3, 0.4) is 0 Å². The molecule has 0 aliphatic rings. The van der Waals surface area contributed by atoms with Gasteiger partial charge in [0, 0.05) is 0 Å². The smallest absolute Gasteiger partial charge is 0.322 e. The van der Waals surface area contributed by atoms with Gasteiger partial charge in [0.1, 0.15) is 5.82 Å². The summed E-state index contributed by atoms with van der Waals surface area (Å²) in [6.07, 6.45) is 0. The number of ether oxygens (including phenoxy) is 2. The molecule has 0 fully saturated rings. The van der Waals surface area contributed by atoms with Crippen LogP contribution in [0.4, 0.5) is 4.39 Å². The number of halogens is 1. The summed E-state index contributed by atoms with van der Waals surface area (Å²) in [6.45, 7) is 3.35. The minimum absolute atomic E-state index is 0.0797. The molecule has 0 heterocycles. The maximum atomic E-state index is 12.9. The maximum absolute atomic E-state index is 12.9. The Labute approximate surface area is 122 Å². The molecule has 0 amide bonds. The quantitative estimate of drug-likeness (QED) is 0.593. The van der Waals surface area contributed by atoms with E-state index < -0.39 is 29.6 Å². The van der Waals surface area contributed by atoms with Crippen LogP contribution in [-0.2, 0) is 19.1 Å². The van der Waals surface area contributed by atoms with Crippen LogP contribution in [0.5, 0.6) is 0 Å². The van der Waals surface area contributed by atoms with Gasteiger partial charge in [-0.25, -0.2) is 4.39 Å². The molecule has 0 spiro atoms. The van der Waals surface area contributed by atoms with Gasteiger partial charge in [-0.2, -0.15) is 5.26 Å². The number of benzene rings is 1. The van der Waals surface area contributed by atoms with E-state index in [-0.39, 0.29) is 13.2 Å². The fourth-order valence-electron chi connectivity index (χ4n) is 1.84. The van der Waals surface area contributed by atoms with Crippen molar-refractivity contribution >= 4 is 11.9 Å². The largest absolute Gasteiger partial charge is 0.465 e. The third kappa shape index (κ3) is 4.28. The van der Waals surface area contributed by atoms with Crippen LogP contribution in [0.1, 0.15) is 25.3 Å². The third-order valence-corrected chi connectivity index (χ3v) is 2.78. The van der Waals surface area contributed by atoms with Crippen LogP contribution in [0.25, 0.3) is 0 Å². The van der Waals surface area contributed by atoms with Crippen molar-refractivity contribution < 1.29 is 23.5 Å². The van der Waals surface area contributed by atoms with Crippen LogP contribution in [0, 0.1) is 23.1 Å². The second-order valence-electron chi connectivity index (χ2n) is 4.14. The zero-order chi connectivity index (χ0) is 15.8. The predicted octanol–water partition coefficient (Wildman–Crippen LogP) is 2.18. The Morgan fingerprint density at radius 1 is 1.14 bits per heavy atom. The molecule has 1 rings (SSSR count). The number of nitrogens with zero attached hydrogens (tertiary/aromatic N) is 1. The van der Waals surface area contributed by atoms with E-state index in [2.05, 4.69) is 0 Å². The van der Waals surface area contributed by atoms with Crippen LogP contribution >= 0.6 is 0 Å². The van der Waals surface area contributed by atoms with Crippen LogP contribution in [0.2, 0.25) is 0 Å². The summed E-state index contributed by atoms with van der Waals surface area (Å²) in [5.74, 6) is -4.61. The summed E-state index contributed by atoms with van der Waals surface area (Å²) in [4.78, 5) is 23.9. The summed E-state index contributed by atoms with van der Waals surface area (Å²) in [5.41, 5.74) is 0.352. The van der Waals surface area contributed by atoms with Gasteiger partial charge < -0.3 is 9.47 Å². The highest BCUT2D eigenvalue weighted by molar-refractivity contribution is 5.96. The lowest BCUT2D eigenvalue weighted by molar-refractivity contribution is -0.162. The second kappa shape index (κ2) is 8.00. The molecular formula is C15H16FNO4. The average Bonchev–Trinajstić information content (AvgIpc) is 2.46. The van der Waals surface area contributed by atoms with Gasteiger partial charge in [-0.1, -0.05) is 12.1 Å². The Bertz CT molecular complexity index is 518. The predicted molar refractivity (Wildman–Crippen MR) is 71.5 cm³/mol. The Kier molecular flexibility index (Phi) is 6.34. The lowest BCUT2D eigenvalue weighted by Crippen LogP contribution is -2.33. The summed E-state index contributed by atoms with van der Waals surface area (Å²) < 4.78 is 22.6. The molecule has 0 saturated heterocycles. The molecule has 5 nitrogen and oxygen atoms in total. The minimum Gasteiger partial charge on any atom is -0.465 e. The first-order valence-corrected chi connectivity index (χ1v) is 6.53. The van der Waals surface area contributed by atoms with E-state index in [0.29, 0.717) is 5.56 Å². The molecule has 0 bridgehead atoms. The third-order valence-electron chi connectivity index (χ3n) is 2.78. The first-order valence-electron chi connectivity index (χ1n) is 6.53. The molecule has 0 aliphatic heterocycles. The molecule has 6 heteroatoms. The van der Waals surface area contributed by atoms with Crippen molar-refractivity contribution in [3.63, 3.8) is 0 Å². The van der Waals surface area contributed by atoms with Crippen molar-refractivity contribution in [3.8, 4) is 6.07 Å². The van der Waals surface area contributed by atoms with E-state index in [4.69, 9.17) is 9.47 Å². The SMILES string of the molecule is CCOC(=O)C(C(=O)OCC)[C@@H](C#N)c1ccc(F)cc1. The van der Waals surface area contributed by atoms with Gasteiger partial charge in [-0.05, 0) is 31.5 Å². The molecular weight excluding hydrogens is 277 g/mol. The van der Waals surface area contributed by atoms with Crippen LogP contribution in [-0.4, -0.2) is 25.2 Å². The maximum Gasteiger partial charge on any atom is 0.322 e. The standard InChI is InChI=1S/C15H16FNO4/c1-3-20-14(18)13(15(19)21-4-2)12(9-17)10-5-7-11(16)8-6-10/h5-8,12-13H,3-4H2,1-2H3/t12-/m0/s1.